The summed E-state index contributed by atoms with van der Waals surface area (Å²) in [5.74, 6) is -0.978. The normalized spacial score (nSPS) is 17.1. The Labute approximate surface area is 121 Å². The second kappa shape index (κ2) is 5.69. The third kappa shape index (κ3) is 2.97. The Hall–Kier alpha value is -2.14. The van der Waals surface area contributed by atoms with Gasteiger partial charge in [-0.3, -0.25) is 9.69 Å². The number of rotatable bonds is 3. The highest BCUT2D eigenvalue weighted by Gasteiger charge is 2.24. The molecule has 1 fully saturated rings. The van der Waals surface area contributed by atoms with Gasteiger partial charge in [-0.2, -0.15) is 0 Å². The molecular formula is C16H17NO4. The largest absolute Gasteiger partial charge is 0.481 e. The number of para-hydroxylation sites is 1. The van der Waals surface area contributed by atoms with Gasteiger partial charge in [0.05, 0.1) is 11.5 Å². The van der Waals surface area contributed by atoms with Crippen LogP contribution < -0.4 is 5.63 Å². The summed E-state index contributed by atoms with van der Waals surface area (Å²) in [5.41, 5.74) is 0.910. The monoisotopic (exact) mass is 287 g/mol. The molecule has 1 aromatic carbocycles. The molecule has 110 valence electrons. The van der Waals surface area contributed by atoms with Gasteiger partial charge in [0.15, 0.2) is 0 Å². The molecule has 0 amide bonds. The first kappa shape index (κ1) is 13.8. The fraction of sp³-hybridized carbons (Fsp3) is 0.375. The zero-order valence-electron chi connectivity index (χ0n) is 11.6. The first-order valence-electron chi connectivity index (χ1n) is 7.10. The molecule has 5 heteroatoms. The lowest BCUT2D eigenvalue weighted by molar-refractivity contribution is -0.143. The summed E-state index contributed by atoms with van der Waals surface area (Å²) in [6.45, 7) is 1.91. The number of likely N-dealkylation sites (tertiary alicyclic amines) is 1. The van der Waals surface area contributed by atoms with Crippen LogP contribution in [0.4, 0.5) is 0 Å². The van der Waals surface area contributed by atoms with Crippen LogP contribution in [0.5, 0.6) is 0 Å². The molecule has 0 unspecified atom stereocenters. The maximum Gasteiger partial charge on any atom is 0.340 e. The van der Waals surface area contributed by atoms with Gasteiger partial charge in [0.1, 0.15) is 5.58 Å². The number of aliphatic carboxylic acids is 1. The van der Waals surface area contributed by atoms with Crippen LogP contribution in [0.1, 0.15) is 18.4 Å². The van der Waals surface area contributed by atoms with Crippen LogP contribution in [0.15, 0.2) is 39.5 Å². The quantitative estimate of drug-likeness (QED) is 0.875. The van der Waals surface area contributed by atoms with E-state index in [9.17, 15) is 9.59 Å². The maximum atomic E-state index is 12.0. The molecule has 0 atom stereocenters. The lowest BCUT2D eigenvalue weighted by Crippen LogP contribution is -2.36. The Morgan fingerprint density at radius 2 is 2.00 bits per heavy atom. The molecule has 5 nitrogen and oxygen atoms in total. The molecule has 0 bridgehead atoms. The molecule has 2 heterocycles. The highest BCUT2D eigenvalue weighted by Crippen LogP contribution is 2.19. The number of carboxylic acid groups (broad SMARTS) is 1. The van der Waals surface area contributed by atoms with E-state index in [4.69, 9.17) is 9.52 Å². The predicted octanol–water partition coefficient (Wildman–Crippen LogP) is 2.09. The van der Waals surface area contributed by atoms with Crippen molar-refractivity contribution >= 4 is 16.9 Å². The van der Waals surface area contributed by atoms with Crippen molar-refractivity contribution in [3.05, 3.63) is 46.3 Å². The number of nitrogens with zero attached hydrogens (tertiary/aromatic N) is 1. The Bertz CT molecular complexity index is 714. The Morgan fingerprint density at radius 1 is 1.29 bits per heavy atom. The van der Waals surface area contributed by atoms with Crippen molar-refractivity contribution in [2.24, 2.45) is 5.92 Å². The van der Waals surface area contributed by atoms with Crippen molar-refractivity contribution in [2.75, 3.05) is 13.1 Å². The number of benzene rings is 1. The summed E-state index contributed by atoms with van der Waals surface area (Å²) in [5, 5.41) is 9.90. The molecule has 21 heavy (non-hydrogen) atoms. The fourth-order valence-corrected chi connectivity index (χ4v) is 2.79. The van der Waals surface area contributed by atoms with Crippen molar-refractivity contribution in [1.82, 2.24) is 4.90 Å². The minimum atomic E-state index is -0.722. The molecule has 0 saturated carbocycles. The van der Waals surface area contributed by atoms with Crippen molar-refractivity contribution in [3.63, 3.8) is 0 Å². The first-order valence-corrected chi connectivity index (χ1v) is 7.10. The molecule has 0 radical (unpaired) electrons. The van der Waals surface area contributed by atoms with E-state index in [1.807, 2.05) is 24.3 Å². The second-order valence-electron chi connectivity index (χ2n) is 5.49. The average Bonchev–Trinajstić information content (AvgIpc) is 2.48. The maximum absolute atomic E-state index is 12.0. The number of fused-ring (bicyclic) bond motifs is 1. The van der Waals surface area contributed by atoms with Crippen LogP contribution in [-0.2, 0) is 11.3 Å². The molecular weight excluding hydrogens is 270 g/mol. The van der Waals surface area contributed by atoms with Gasteiger partial charge in [-0.25, -0.2) is 4.79 Å². The molecule has 0 aliphatic carbocycles. The topological polar surface area (TPSA) is 70.8 Å². The molecule has 1 saturated heterocycles. The van der Waals surface area contributed by atoms with Gasteiger partial charge in [-0.1, -0.05) is 18.2 Å². The number of hydrogen-bond donors (Lipinski definition) is 1. The van der Waals surface area contributed by atoms with Crippen LogP contribution in [0.25, 0.3) is 11.0 Å². The summed E-state index contributed by atoms with van der Waals surface area (Å²) in [7, 11) is 0. The molecule has 3 rings (SSSR count). The summed E-state index contributed by atoms with van der Waals surface area (Å²) < 4.78 is 5.32. The van der Waals surface area contributed by atoms with E-state index in [0.29, 0.717) is 43.6 Å². The van der Waals surface area contributed by atoms with Crippen LogP contribution in [0.3, 0.4) is 0 Å². The third-order valence-corrected chi connectivity index (χ3v) is 4.04. The van der Waals surface area contributed by atoms with E-state index in [2.05, 4.69) is 4.90 Å². The number of hydrogen-bond acceptors (Lipinski definition) is 4. The second-order valence-corrected chi connectivity index (χ2v) is 5.49. The standard InChI is InChI=1S/C16H17NO4/c18-15(19)11-5-7-17(8-6-11)10-13-9-12-3-1-2-4-14(12)21-16(13)20/h1-4,9,11H,5-8,10H2,(H,18,19). The lowest BCUT2D eigenvalue weighted by Gasteiger charge is -2.29. The first-order chi connectivity index (χ1) is 10.1. The summed E-state index contributed by atoms with van der Waals surface area (Å²) in [6, 6.07) is 9.30. The molecule has 1 aromatic heterocycles. The summed E-state index contributed by atoms with van der Waals surface area (Å²) in [4.78, 5) is 25.0. The van der Waals surface area contributed by atoms with Gasteiger partial charge in [-0.05, 0) is 38.1 Å². The number of piperidine rings is 1. The van der Waals surface area contributed by atoms with Gasteiger partial charge in [0.25, 0.3) is 0 Å². The number of carbonyl (C=O) groups is 1. The third-order valence-electron chi connectivity index (χ3n) is 4.04. The molecule has 1 aliphatic rings. The minimum absolute atomic E-state index is 0.255. The smallest absolute Gasteiger partial charge is 0.340 e. The molecule has 1 N–H and O–H groups in total. The van der Waals surface area contributed by atoms with E-state index in [0.717, 1.165) is 5.39 Å². The van der Waals surface area contributed by atoms with E-state index in [-0.39, 0.29) is 11.5 Å². The fourth-order valence-electron chi connectivity index (χ4n) is 2.79. The van der Waals surface area contributed by atoms with Crippen LogP contribution in [0, 0.1) is 5.92 Å². The molecule has 2 aromatic rings. The van der Waals surface area contributed by atoms with Crippen LogP contribution >= 0.6 is 0 Å². The van der Waals surface area contributed by atoms with Crippen LogP contribution in [-0.4, -0.2) is 29.1 Å². The van der Waals surface area contributed by atoms with Crippen molar-refractivity contribution in [1.29, 1.82) is 0 Å². The van der Waals surface area contributed by atoms with Crippen molar-refractivity contribution in [2.45, 2.75) is 19.4 Å². The van der Waals surface area contributed by atoms with Gasteiger partial charge in [0.2, 0.25) is 0 Å². The van der Waals surface area contributed by atoms with Gasteiger partial charge >= 0.3 is 11.6 Å². The summed E-state index contributed by atoms with van der Waals surface area (Å²) in [6.07, 6.45) is 1.27. The average molecular weight is 287 g/mol. The van der Waals surface area contributed by atoms with Gasteiger partial charge < -0.3 is 9.52 Å². The van der Waals surface area contributed by atoms with E-state index >= 15 is 0 Å². The van der Waals surface area contributed by atoms with Crippen LogP contribution in [0.2, 0.25) is 0 Å². The number of carboxylic acids is 1. The summed E-state index contributed by atoms with van der Waals surface area (Å²) >= 11 is 0. The Balaban J connectivity index is 1.75. The highest BCUT2D eigenvalue weighted by atomic mass is 16.4. The predicted molar refractivity (Wildman–Crippen MR) is 78.1 cm³/mol. The lowest BCUT2D eigenvalue weighted by atomic mass is 9.97. The minimum Gasteiger partial charge on any atom is -0.481 e. The van der Waals surface area contributed by atoms with Crippen molar-refractivity contribution < 1.29 is 14.3 Å². The van der Waals surface area contributed by atoms with E-state index < -0.39 is 5.97 Å². The Kier molecular flexibility index (Phi) is 3.75. The molecule has 0 spiro atoms. The van der Waals surface area contributed by atoms with Gasteiger partial charge in [-0.15, -0.1) is 0 Å². The van der Waals surface area contributed by atoms with E-state index in [1.165, 1.54) is 0 Å². The molecule has 1 aliphatic heterocycles. The SMILES string of the molecule is O=C(O)C1CCN(Cc2cc3ccccc3oc2=O)CC1. The van der Waals surface area contributed by atoms with E-state index in [1.54, 1.807) is 6.07 Å². The van der Waals surface area contributed by atoms with Gasteiger partial charge in [0, 0.05) is 11.9 Å². The highest BCUT2D eigenvalue weighted by molar-refractivity contribution is 5.76. The zero-order chi connectivity index (χ0) is 14.8. The van der Waals surface area contributed by atoms with Crippen molar-refractivity contribution in [3.8, 4) is 0 Å². The zero-order valence-corrected chi connectivity index (χ0v) is 11.6. The Morgan fingerprint density at radius 3 is 2.71 bits per heavy atom.